The molecule has 2 N–H and O–H groups in total. The van der Waals surface area contributed by atoms with Crippen molar-refractivity contribution in [1.82, 2.24) is 15.0 Å². The van der Waals surface area contributed by atoms with E-state index in [0.717, 1.165) is 44.9 Å². The van der Waals surface area contributed by atoms with E-state index in [1.165, 1.54) is 47.1 Å². The van der Waals surface area contributed by atoms with E-state index in [1.54, 1.807) is 11.3 Å². The average molecular weight is 519 g/mol. The fraction of sp³-hybridized carbons (Fsp3) is 0.231. The summed E-state index contributed by atoms with van der Waals surface area (Å²) >= 11 is 4.29. The van der Waals surface area contributed by atoms with Gasteiger partial charge in [0.05, 0.1) is 26.4 Å². The van der Waals surface area contributed by atoms with Crippen LogP contribution in [-0.4, -0.2) is 26.6 Å². The summed E-state index contributed by atoms with van der Waals surface area (Å²) in [4.78, 5) is 38.2. The van der Waals surface area contributed by atoms with E-state index < -0.39 is 0 Å². The molecule has 0 spiro atoms. The minimum Gasteiger partial charge on any atom is -0.325 e. The lowest BCUT2D eigenvalue weighted by Crippen LogP contribution is -2.15. The van der Waals surface area contributed by atoms with Gasteiger partial charge in [0.15, 0.2) is 5.16 Å². The van der Waals surface area contributed by atoms with Gasteiger partial charge in [0.25, 0.3) is 5.56 Å². The third kappa shape index (κ3) is 4.51. The van der Waals surface area contributed by atoms with Crippen molar-refractivity contribution in [3.63, 3.8) is 0 Å². The molecule has 0 fully saturated rings. The Hall–Kier alpha value is -3.01. The molecule has 2 aromatic carbocycles. The van der Waals surface area contributed by atoms with Gasteiger partial charge in [0.1, 0.15) is 4.83 Å². The smallest absolute Gasteiger partial charge is 0.260 e. The fourth-order valence-electron chi connectivity index (χ4n) is 4.56. The Kier molecular flexibility index (Phi) is 5.91. The number of nitrogens with zero attached hydrogens (tertiary/aromatic N) is 2. The molecule has 0 aliphatic heterocycles. The fourth-order valence-corrected chi connectivity index (χ4v) is 7.09. The molecule has 35 heavy (non-hydrogen) atoms. The Balaban J connectivity index is 1.19. The van der Waals surface area contributed by atoms with Gasteiger partial charge in [-0.2, -0.15) is 0 Å². The van der Waals surface area contributed by atoms with Crippen molar-refractivity contribution in [2.24, 2.45) is 0 Å². The standard InChI is InChI=1S/C26H22N4O2S3/c1-14-27-20-9-8-18(11-21(20)35-14)28-22(31)13-34-26-29-24(32)23-19(12-33-25(23)30-26)17-7-6-15-4-2-3-5-16(15)10-17/h6-12H,2-5,13H2,1H3,(H,28,31)(H,29,30,32). The Morgan fingerprint density at radius 1 is 1.11 bits per heavy atom. The number of aromatic amines is 1. The van der Waals surface area contributed by atoms with Gasteiger partial charge in [0, 0.05) is 16.6 Å². The molecule has 0 saturated heterocycles. The minimum atomic E-state index is -0.169. The highest BCUT2D eigenvalue weighted by Crippen LogP contribution is 2.34. The van der Waals surface area contributed by atoms with E-state index in [1.807, 2.05) is 30.5 Å². The quantitative estimate of drug-likeness (QED) is 0.214. The van der Waals surface area contributed by atoms with E-state index >= 15 is 0 Å². The number of thiazole rings is 1. The highest BCUT2D eigenvalue weighted by Gasteiger charge is 2.16. The summed E-state index contributed by atoms with van der Waals surface area (Å²) in [6.07, 6.45) is 4.70. The molecule has 0 bridgehead atoms. The molecule has 0 radical (unpaired) electrons. The maximum Gasteiger partial charge on any atom is 0.260 e. The Bertz CT molecular complexity index is 1650. The summed E-state index contributed by atoms with van der Waals surface area (Å²) in [5, 5.41) is 6.99. The van der Waals surface area contributed by atoms with E-state index in [0.29, 0.717) is 15.4 Å². The second kappa shape index (κ2) is 9.22. The molecule has 6 rings (SSSR count). The first kappa shape index (κ1) is 22.5. The molecule has 0 saturated carbocycles. The average Bonchev–Trinajstić information content (AvgIpc) is 3.45. The van der Waals surface area contributed by atoms with Gasteiger partial charge in [-0.1, -0.05) is 30.0 Å². The number of aromatic nitrogens is 3. The maximum absolute atomic E-state index is 13.0. The lowest BCUT2D eigenvalue weighted by atomic mass is 9.89. The second-order valence-electron chi connectivity index (χ2n) is 8.64. The van der Waals surface area contributed by atoms with Crippen LogP contribution >= 0.6 is 34.4 Å². The van der Waals surface area contributed by atoms with E-state index in [2.05, 4.69) is 38.5 Å². The van der Waals surface area contributed by atoms with Gasteiger partial charge in [-0.15, -0.1) is 22.7 Å². The van der Waals surface area contributed by atoms with Crippen LogP contribution in [0.2, 0.25) is 0 Å². The van der Waals surface area contributed by atoms with Crippen LogP contribution in [0, 0.1) is 6.92 Å². The van der Waals surface area contributed by atoms with Crippen LogP contribution in [0.25, 0.3) is 31.6 Å². The third-order valence-corrected chi connectivity index (χ3v) is 8.88. The Morgan fingerprint density at radius 2 is 1.97 bits per heavy atom. The zero-order valence-electron chi connectivity index (χ0n) is 19.0. The molecule has 1 aliphatic carbocycles. The number of thiophene rings is 1. The van der Waals surface area contributed by atoms with E-state index in [4.69, 9.17) is 0 Å². The number of rotatable bonds is 5. The van der Waals surface area contributed by atoms with Crippen molar-refractivity contribution in [3.05, 3.63) is 68.3 Å². The van der Waals surface area contributed by atoms with Crippen LogP contribution in [-0.2, 0) is 17.6 Å². The monoisotopic (exact) mass is 518 g/mol. The molecule has 1 aliphatic rings. The van der Waals surface area contributed by atoms with Crippen molar-refractivity contribution in [2.75, 3.05) is 11.1 Å². The molecule has 176 valence electrons. The molecule has 9 heteroatoms. The molecular weight excluding hydrogens is 497 g/mol. The topological polar surface area (TPSA) is 87.7 Å². The van der Waals surface area contributed by atoms with Crippen LogP contribution in [0.4, 0.5) is 5.69 Å². The van der Waals surface area contributed by atoms with Crippen molar-refractivity contribution < 1.29 is 4.79 Å². The highest BCUT2D eigenvalue weighted by atomic mass is 32.2. The molecule has 5 aromatic rings. The minimum absolute atomic E-state index is 0.150. The summed E-state index contributed by atoms with van der Waals surface area (Å²) in [5.41, 5.74) is 6.30. The highest BCUT2D eigenvalue weighted by molar-refractivity contribution is 7.99. The van der Waals surface area contributed by atoms with Gasteiger partial charge >= 0.3 is 0 Å². The predicted octanol–water partition coefficient (Wildman–Crippen LogP) is 6.18. The first-order chi connectivity index (χ1) is 17.0. The van der Waals surface area contributed by atoms with Crippen molar-refractivity contribution >= 4 is 66.5 Å². The first-order valence-corrected chi connectivity index (χ1v) is 14.2. The summed E-state index contributed by atoms with van der Waals surface area (Å²) in [7, 11) is 0. The molecule has 0 atom stereocenters. The number of H-pyrrole nitrogens is 1. The summed E-state index contributed by atoms with van der Waals surface area (Å²) < 4.78 is 1.04. The first-order valence-electron chi connectivity index (χ1n) is 11.5. The number of aryl methyl sites for hydroxylation is 3. The summed E-state index contributed by atoms with van der Waals surface area (Å²) in [6.45, 7) is 1.97. The van der Waals surface area contributed by atoms with Crippen molar-refractivity contribution in [1.29, 1.82) is 0 Å². The van der Waals surface area contributed by atoms with Crippen LogP contribution in [0.1, 0.15) is 29.0 Å². The molecule has 0 unspecified atom stereocenters. The number of thioether (sulfide) groups is 1. The normalized spacial score (nSPS) is 13.3. The van der Waals surface area contributed by atoms with Gasteiger partial charge in [0.2, 0.25) is 5.91 Å². The number of carbonyl (C=O) groups is 1. The van der Waals surface area contributed by atoms with Gasteiger partial charge < -0.3 is 10.3 Å². The molecular formula is C26H22N4O2S3. The van der Waals surface area contributed by atoms with Crippen molar-refractivity contribution in [2.45, 2.75) is 37.8 Å². The lowest BCUT2D eigenvalue weighted by Gasteiger charge is -2.16. The van der Waals surface area contributed by atoms with Crippen molar-refractivity contribution in [3.8, 4) is 11.1 Å². The molecule has 3 aromatic heterocycles. The predicted molar refractivity (Wildman–Crippen MR) is 146 cm³/mol. The zero-order valence-corrected chi connectivity index (χ0v) is 21.5. The third-order valence-electron chi connectivity index (χ3n) is 6.20. The number of anilines is 1. The molecule has 3 heterocycles. The number of nitrogens with one attached hydrogen (secondary N) is 2. The zero-order chi connectivity index (χ0) is 23.9. The number of benzene rings is 2. The number of hydrogen-bond donors (Lipinski definition) is 2. The number of amides is 1. The van der Waals surface area contributed by atoms with E-state index in [-0.39, 0.29) is 17.2 Å². The van der Waals surface area contributed by atoms with Crippen LogP contribution in [0.5, 0.6) is 0 Å². The maximum atomic E-state index is 13.0. The number of fused-ring (bicyclic) bond motifs is 3. The van der Waals surface area contributed by atoms with Gasteiger partial charge in [-0.25, -0.2) is 9.97 Å². The molecule has 1 amide bonds. The summed E-state index contributed by atoms with van der Waals surface area (Å²) in [6, 6.07) is 12.2. The van der Waals surface area contributed by atoms with E-state index in [9.17, 15) is 9.59 Å². The van der Waals surface area contributed by atoms with Gasteiger partial charge in [-0.05, 0) is 67.5 Å². The Labute approximate surface area is 213 Å². The lowest BCUT2D eigenvalue weighted by molar-refractivity contribution is -0.113. The van der Waals surface area contributed by atoms with Gasteiger partial charge in [-0.3, -0.25) is 9.59 Å². The van der Waals surface area contributed by atoms with Crippen LogP contribution < -0.4 is 10.9 Å². The van der Waals surface area contributed by atoms with Crippen LogP contribution in [0.3, 0.4) is 0 Å². The molecule has 6 nitrogen and oxygen atoms in total. The Morgan fingerprint density at radius 3 is 2.86 bits per heavy atom. The number of carbonyl (C=O) groups excluding carboxylic acids is 1. The number of hydrogen-bond acceptors (Lipinski definition) is 7. The SMILES string of the molecule is Cc1nc2ccc(NC(=O)CSc3nc4scc(-c5ccc6c(c5)CCCC6)c4c(=O)[nH]3)cc2s1. The van der Waals surface area contributed by atoms with Crippen LogP contribution in [0.15, 0.2) is 51.7 Å². The largest absolute Gasteiger partial charge is 0.325 e. The summed E-state index contributed by atoms with van der Waals surface area (Å²) in [5.74, 6) is -0.00341. The second-order valence-corrected chi connectivity index (χ2v) is 11.7.